The molecule has 2 aliphatic rings. The Balaban J connectivity index is 1.32. The lowest BCUT2D eigenvalue weighted by atomic mass is 10.1. The Hall–Kier alpha value is -3.55. The molecule has 0 saturated carbocycles. The highest BCUT2D eigenvalue weighted by Crippen LogP contribution is 2.30. The van der Waals surface area contributed by atoms with Gasteiger partial charge in [0, 0.05) is 0 Å². The van der Waals surface area contributed by atoms with Crippen LogP contribution in [0.2, 0.25) is 0 Å². The number of fused-ring (bicyclic) bond motifs is 2. The second-order valence-corrected chi connectivity index (χ2v) is 6.57. The summed E-state index contributed by atoms with van der Waals surface area (Å²) >= 11 is 0. The number of nitrogens with one attached hydrogen (secondary N) is 3. The minimum absolute atomic E-state index is 0.171. The predicted molar refractivity (Wildman–Crippen MR) is 100 cm³/mol. The van der Waals surface area contributed by atoms with Crippen LogP contribution in [0.3, 0.4) is 0 Å². The number of hydrogen-bond donors (Lipinski definition) is 3. The SMILES string of the molecule is O=C(C[C@H]1NC(=O)c2ccccc2NC1=O)NC[C@@H]1COc2ccccc2O1. The number of rotatable bonds is 4. The summed E-state index contributed by atoms with van der Waals surface area (Å²) in [6, 6.07) is 13.1. The molecule has 0 fully saturated rings. The van der Waals surface area contributed by atoms with Crippen LogP contribution in [-0.4, -0.2) is 43.0 Å². The molecule has 2 aliphatic heterocycles. The summed E-state index contributed by atoms with van der Waals surface area (Å²) in [6.45, 7) is 0.545. The normalized spacial score (nSPS) is 20.3. The molecule has 0 bridgehead atoms. The lowest BCUT2D eigenvalue weighted by Gasteiger charge is -2.26. The van der Waals surface area contributed by atoms with Crippen molar-refractivity contribution >= 4 is 23.4 Å². The molecule has 2 aromatic rings. The van der Waals surface area contributed by atoms with Crippen LogP contribution < -0.4 is 25.4 Å². The van der Waals surface area contributed by atoms with E-state index in [-0.39, 0.29) is 25.0 Å². The van der Waals surface area contributed by atoms with E-state index in [1.165, 1.54) is 0 Å². The molecule has 2 atom stereocenters. The molecule has 3 N–H and O–H groups in total. The van der Waals surface area contributed by atoms with Crippen molar-refractivity contribution in [2.45, 2.75) is 18.6 Å². The summed E-state index contributed by atoms with van der Waals surface area (Å²) in [4.78, 5) is 36.9. The van der Waals surface area contributed by atoms with Gasteiger partial charge in [-0.1, -0.05) is 24.3 Å². The van der Waals surface area contributed by atoms with E-state index in [0.717, 1.165) is 0 Å². The van der Waals surface area contributed by atoms with Crippen molar-refractivity contribution < 1.29 is 23.9 Å². The maximum Gasteiger partial charge on any atom is 0.254 e. The summed E-state index contributed by atoms with van der Waals surface area (Å²) in [5.74, 6) is 0.101. The van der Waals surface area contributed by atoms with Crippen molar-refractivity contribution in [1.29, 1.82) is 0 Å². The quantitative estimate of drug-likeness (QED) is 0.735. The Bertz CT molecular complexity index is 930. The smallest absolute Gasteiger partial charge is 0.254 e. The van der Waals surface area contributed by atoms with E-state index in [0.29, 0.717) is 29.4 Å². The average Bonchev–Trinajstić information content (AvgIpc) is 2.82. The van der Waals surface area contributed by atoms with Gasteiger partial charge >= 0.3 is 0 Å². The number of amides is 3. The zero-order chi connectivity index (χ0) is 19.5. The second kappa shape index (κ2) is 7.59. The molecule has 0 unspecified atom stereocenters. The molecule has 0 spiro atoms. The van der Waals surface area contributed by atoms with Crippen LogP contribution in [0.25, 0.3) is 0 Å². The van der Waals surface area contributed by atoms with Gasteiger partial charge in [0.25, 0.3) is 5.91 Å². The van der Waals surface area contributed by atoms with E-state index in [9.17, 15) is 14.4 Å². The Labute approximate surface area is 161 Å². The summed E-state index contributed by atoms with van der Waals surface area (Å²) in [6.07, 6.45) is -0.504. The molecule has 4 rings (SSSR count). The predicted octanol–water partition coefficient (Wildman–Crippen LogP) is 1.08. The molecular weight excluding hydrogens is 362 g/mol. The van der Waals surface area contributed by atoms with Crippen molar-refractivity contribution in [3.63, 3.8) is 0 Å². The fourth-order valence-corrected chi connectivity index (χ4v) is 3.10. The zero-order valence-electron chi connectivity index (χ0n) is 14.9. The first kappa shape index (κ1) is 17.8. The van der Waals surface area contributed by atoms with Crippen molar-refractivity contribution in [1.82, 2.24) is 10.6 Å². The van der Waals surface area contributed by atoms with Crippen LogP contribution in [0, 0.1) is 0 Å². The fourth-order valence-electron chi connectivity index (χ4n) is 3.10. The molecule has 0 saturated heterocycles. The van der Waals surface area contributed by atoms with Gasteiger partial charge in [-0.05, 0) is 24.3 Å². The van der Waals surface area contributed by atoms with Crippen LogP contribution in [0.15, 0.2) is 48.5 Å². The topological polar surface area (TPSA) is 106 Å². The number of ether oxygens (including phenoxy) is 2. The third kappa shape index (κ3) is 3.75. The molecule has 0 aromatic heterocycles. The first-order valence-corrected chi connectivity index (χ1v) is 8.96. The van der Waals surface area contributed by atoms with Crippen molar-refractivity contribution in [3.05, 3.63) is 54.1 Å². The monoisotopic (exact) mass is 381 g/mol. The fraction of sp³-hybridized carbons (Fsp3) is 0.250. The third-order valence-electron chi connectivity index (χ3n) is 4.54. The van der Waals surface area contributed by atoms with Gasteiger partial charge in [0.15, 0.2) is 11.5 Å². The standard InChI is InChI=1S/C20H19N3O5/c24-18(21-10-12-11-27-16-7-3-4-8-17(16)28-12)9-15-20(26)22-14-6-2-1-5-13(14)19(25)23-15/h1-8,12,15H,9-11H2,(H,21,24)(H,22,26)(H,23,25)/t12-,15-/m1/s1. The number of carbonyl (C=O) groups excluding carboxylic acids is 3. The number of para-hydroxylation sites is 3. The van der Waals surface area contributed by atoms with Crippen LogP contribution in [0.5, 0.6) is 11.5 Å². The van der Waals surface area contributed by atoms with Gasteiger partial charge in [-0.2, -0.15) is 0 Å². The first-order chi connectivity index (χ1) is 13.6. The summed E-state index contributed by atoms with van der Waals surface area (Å²) in [5, 5.41) is 8.01. The van der Waals surface area contributed by atoms with Gasteiger partial charge in [-0.25, -0.2) is 0 Å². The molecule has 0 radical (unpaired) electrons. The van der Waals surface area contributed by atoms with Crippen molar-refractivity contribution in [3.8, 4) is 11.5 Å². The average molecular weight is 381 g/mol. The van der Waals surface area contributed by atoms with Crippen molar-refractivity contribution in [2.75, 3.05) is 18.5 Å². The maximum atomic E-state index is 12.4. The van der Waals surface area contributed by atoms with E-state index in [1.807, 2.05) is 18.2 Å². The molecule has 0 aliphatic carbocycles. The zero-order valence-corrected chi connectivity index (χ0v) is 14.9. The largest absolute Gasteiger partial charge is 0.486 e. The molecule has 2 heterocycles. The Morgan fingerprint density at radius 2 is 1.82 bits per heavy atom. The maximum absolute atomic E-state index is 12.4. The summed E-state index contributed by atoms with van der Waals surface area (Å²) < 4.78 is 11.4. The van der Waals surface area contributed by atoms with Gasteiger partial charge in [-0.3, -0.25) is 14.4 Å². The van der Waals surface area contributed by atoms with Crippen LogP contribution in [0.4, 0.5) is 5.69 Å². The third-order valence-corrected chi connectivity index (χ3v) is 4.54. The second-order valence-electron chi connectivity index (χ2n) is 6.57. The van der Waals surface area contributed by atoms with Gasteiger partial charge in [-0.15, -0.1) is 0 Å². The molecule has 8 heteroatoms. The number of carbonyl (C=O) groups is 3. The van der Waals surface area contributed by atoms with E-state index in [2.05, 4.69) is 16.0 Å². The Kier molecular flexibility index (Phi) is 4.84. The van der Waals surface area contributed by atoms with E-state index < -0.39 is 17.9 Å². The summed E-state index contributed by atoms with van der Waals surface area (Å²) in [7, 11) is 0. The summed E-state index contributed by atoms with van der Waals surface area (Å²) in [5.41, 5.74) is 0.796. The highest BCUT2D eigenvalue weighted by Gasteiger charge is 2.30. The van der Waals surface area contributed by atoms with Gasteiger partial charge < -0.3 is 25.4 Å². The van der Waals surface area contributed by atoms with E-state index >= 15 is 0 Å². The van der Waals surface area contributed by atoms with E-state index in [4.69, 9.17) is 9.47 Å². The Morgan fingerprint density at radius 3 is 2.68 bits per heavy atom. The van der Waals surface area contributed by atoms with Gasteiger partial charge in [0.2, 0.25) is 11.8 Å². The Morgan fingerprint density at radius 1 is 1.07 bits per heavy atom. The van der Waals surface area contributed by atoms with Gasteiger partial charge in [0.1, 0.15) is 18.8 Å². The van der Waals surface area contributed by atoms with Crippen LogP contribution in [-0.2, 0) is 9.59 Å². The number of benzene rings is 2. The van der Waals surface area contributed by atoms with E-state index in [1.54, 1.807) is 30.3 Å². The van der Waals surface area contributed by atoms with Crippen LogP contribution >= 0.6 is 0 Å². The minimum atomic E-state index is -0.954. The lowest BCUT2D eigenvalue weighted by molar-refractivity contribution is -0.126. The highest BCUT2D eigenvalue weighted by atomic mass is 16.6. The minimum Gasteiger partial charge on any atom is -0.486 e. The number of hydrogen-bond acceptors (Lipinski definition) is 5. The molecule has 144 valence electrons. The molecule has 8 nitrogen and oxygen atoms in total. The highest BCUT2D eigenvalue weighted by molar-refractivity contribution is 6.10. The number of anilines is 1. The van der Waals surface area contributed by atoms with Crippen molar-refractivity contribution in [2.24, 2.45) is 0 Å². The molecule has 3 amide bonds. The van der Waals surface area contributed by atoms with Gasteiger partial charge in [0.05, 0.1) is 24.2 Å². The molecular formula is C20H19N3O5. The lowest BCUT2D eigenvalue weighted by Crippen LogP contribution is -2.46. The molecule has 2 aromatic carbocycles. The molecule has 28 heavy (non-hydrogen) atoms. The first-order valence-electron chi connectivity index (χ1n) is 8.96. The van der Waals surface area contributed by atoms with Crippen LogP contribution in [0.1, 0.15) is 16.8 Å².